The van der Waals surface area contributed by atoms with Crippen molar-refractivity contribution in [3.8, 4) is 11.4 Å². The second-order valence-electron chi connectivity index (χ2n) is 7.10. The van der Waals surface area contributed by atoms with Gasteiger partial charge in [0.2, 0.25) is 17.0 Å². The molecule has 144 valence electrons. The number of anilines is 1. The first-order valence-electron chi connectivity index (χ1n) is 9.50. The first kappa shape index (κ1) is 18.1. The summed E-state index contributed by atoms with van der Waals surface area (Å²) in [5.41, 5.74) is 1.64. The van der Waals surface area contributed by atoms with Gasteiger partial charge in [-0.25, -0.2) is 4.40 Å². The van der Waals surface area contributed by atoms with Crippen LogP contribution in [0.3, 0.4) is 0 Å². The van der Waals surface area contributed by atoms with Crippen molar-refractivity contribution in [1.82, 2.24) is 9.55 Å². The Morgan fingerprint density at radius 2 is 2.00 bits per heavy atom. The quantitative estimate of drug-likeness (QED) is 0.424. The number of nitrogens with one attached hydrogen (secondary N) is 1. The van der Waals surface area contributed by atoms with Gasteiger partial charge in [0.25, 0.3) is 11.7 Å². The average Bonchev–Trinajstić information content (AvgIpc) is 3.03. The van der Waals surface area contributed by atoms with E-state index in [1.165, 1.54) is 19.4 Å². The third-order valence-electron chi connectivity index (χ3n) is 5.18. The van der Waals surface area contributed by atoms with Gasteiger partial charge in [0.05, 0.1) is 12.2 Å². The minimum absolute atomic E-state index is 0.177. The van der Waals surface area contributed by atoms with Gasteiger partial charge in [0, 0.05) is 19.1 Å². The number of imidazole rings is 1. The Hall–Kier alpha value is -3.29. The molecule has 0 bridgehead atoms. The van der Waals surface area contributed by atoms with E-state index in [9.17, 15) is 14.9 Å². The van der Waals surface area contributed by atoms with Crippen LogP contribution in [-0.4, -0.2) is 26.4 Å². The van der Waals surface area contributed by atoms with Crippen LogP contribution in [0.5, 0.6) is 0 Å². The zero-order chi connectivity index (χ0) is 19.7. The van der Waals surface area contributed by atoms with Crippen molar-refractivity contribution in [1.29, 1.82) is 0 Å². The number of carbonyl (C=O) groups excluding carboxylic acids is 1. The second-order valence-corrected chi connectivity index (χ2v) is 7.10. The molecule has 1 saturated carbocycles. The molecule has 0 atom stereocenters. The van der Waals surface area contributed by atoms with Crippen LogP contribution in [0.4, 0.5) is 11.6 Å². The van der Waals surface area contributed by atoms with E-state index in [0.717, 1.165) is 31.5 Å². The molecule has 1 aliphatic carbocycles. The summed E-state index contributed by atoms with van der Waals surface area (Å²) in [6.45, 7) is 1.48. The zero-order valence-corrected chi connectivity index (χ0v) is 15.7. The van der Waals surface area contributed by atoms with Gasteiger partial charge in [0.15, 0.2) is 0 Å². The van der Waals surface area contributed by atoms with Crippen molar-refractivity contribution in [3.63, 3.8) is 0 Å². The minimum atomic E-state index is -0.522. The van der Waals surface area contributed by atoms with Gasteiger partial charge in [-0.05, 0) is 40.9 Å². The molecule has 3 aromatic rings. The highest BCUT2D eigenvalue weighted by Crippen LogP contribution is 2.31. The van der Waals surface area contributed by atoms with Crippen molar-refractivity contribution < 1.29 is 14.1 Å². The third-order valence-corrected chi connectivity index (χ3v) is 5.18. The Morgan fingerprint density at radius 3 is 2.71 bits per heavy atom. The smallest absolute Gasteiger partial charge is 0.358 e. The Labute approximate surface area is 162 Å². The summed E-state index contributed by atoms with van der Waals surface area (Å²) in [6, 6.07) is 10.6. The average molecular weight is 380 g/mol. The van der Waals surface area contributed by atoms with Crippen LogP contribution >= 0.6 is 0 Å². The minimum Gasteiger partial charge on any atom is -0.358 e. The Kier molecular flexibility index (Phi) is 4.77. The summed E-state index contributed by atoms with van der Waals surface area (Å²) in [5, 5.41) is 14.8. The molecule has 3 aromatic heterocycles. The van der Waals surface area contributed by atoms with Crippen molar-refractivity contribution in [2.24, 2.45) is 0 Å². The number of hydrogen-bond donors (Lipinski definition) is 1. The van der Waals surface area contributed by atoms with Crippen molar-refractivity contribution in [3.05, 3.63) is 52.7 Å². The molecule has 1 fully saturated rings. The van der Waals surface area contributed by atoms with Crippen molar-refractivity contribution >= 4 is 23.2 Å². The number of fused-ring (bicyclic) bond motifs is 1. The number of nitrogens with zero attached hydrogens (tertiary/aromatic N) is 4. The monoisotopic (exact) mass is 380 g/mol. The Morgan fingerprint density at radius 1 is 1.21 bits per heavy atom. The molecule has 1 N–H and O–H groups in total. The SMILES string of the molecule is CC(=O)n1c(-c2cccc([N+](=O)[O-])n2)c(NC2CCCCC2)[n+]2ccccc12. The van der Waals surface area contributed by atoms with Crippen LogP contribution in [0.15, 0.2) is 42.6 Å². The van der Waals surface area contributed by atoms with Gasteiger partial charge in [-0.3, -0.25) is 10.1 Å². The highest BCUT2D eigenvalue weighted by molar-refractivity contribution is 5.88. The molecule has 8 heteroatoms. The lowest BCUT2D eigenvalue weighted by molar-refractivity contribution is -0.495. The van der Waals surface area contributed by atoms with Gasteiger partial charge in [-0.2, -0.15) is 4.57 Å². The predicted molar refractivity (Wildman–Crippen MR) is 104 cm³/mol. The largest absolute Gasteiger partial charge is 0.364 e. The van der Waals surface area contributed by atoms with E-state index < -0.39 is 4.92 Å². The highest BCUT2D eigenvalue weighted by Gasteiger charge is 2.33. The molecular formula is C20H22N5O3+. The van der Waals surface area contributed by atoms with E-state index in [0.29, 0.717) is 23.1 Å². The van der Waals surface area contributed by atoms with E-state index >= 15 is 0 Å². The summed E-state index contributed by atoms with van der Waals surface area (Å²) >= 11 is 0. The molecule has 0 saturated heterocycles. The van der Waals surface area contributed by atoms with E-state index in [1.54, 1.807) is 16.7 Å². The number of pyridine rings is 2. The maximum atomic E-state index is 12.5. The molecule has 0 amide bonds. The number of nitro groups is 1. The standard InChI is InChI=1S/C20H22N5O3/c1-14(26)24-18-12-5-6-13-23(18)20(21-15-8-3-2-4-9-15)19(24)16-10-7-11-17(22-16)25(27)28/h5-7,10-13,15,21H,2-4,8-9H2,1H3/q+1. The molecule has 0 spiro atoms. The van der Waals surface area contributed by atoms with Crippen LogP contribution in [0.2, 0.25) is 0 Å². The summed E-state index contributed by atoms with van der Waals surface area (Å²) in [5.74, 6) is 0.320. The van der Waals surface area contributed by atoms with Crippen LogP contribution in [0.1, 0.15) is 43.8 Å². The molecule has 0 radical (unpaired) electrons. The van der Waals surface area contributed by atoms with Crippen LogP contribution in [0, 0.1) is 10.1 Å². The van der Waals surface area contributed by atoms with Crippen LogP contribution in [-0.2, 0) is 0 Å². The van der Waals surface area contributed by atoms with E-state index in [4.69, 9.17) is 0 Å². The number of rotatable bonds is 4. The van der Waals surface area contributed by atoms with Crippen LogP contribution < -0.4 is 9.72 Å². The third kappa shape index (κ3) is 3.21. The molecule has 8 nitrogen and oxygen atoms in total. The topological polar surface area (TPSA) is 94.2 Å². The molecule has 28 heavy (non-hydrogen) atoms. The molecule has 4 rings (SSSR count). The van der Waals surface area contributed by atoms with Gasteiger partial charge < -0.3 is 10.1 Å². The van der Waals surface area contributed by atoms with Crippen molar-refractivity contribution in [2.75, 3.05) is 5.32 Å². The van der Waals surface area contributed by atoms with E-state index in [-0.39, 0.29) is 11.7 Å². The van der Waals surface area contributed by atoms with Crippen molar-refractivity contribution in [2.45, 2.75) is 45.1 Å². The molecular weight excluding hydrogens is 358 g/mol. The zero-order valence-electron chi connectivity index (χ0n) is 15.7. The molecule has 0 aliphatic heterocycles. The number of aromatic nitrogens is 3. The van der Waals surface area contributed by atoms with E-state index in [1.807, 2.05) is 28.8 Å². The van der Waals surface area contributed by atoms with Gasteiger partial charge in [0.1, 0.15) is 0 Å². The maximum absolute atomic E-state index is 12.5. The molecule has 0 aromatic carbocycles. The van der Waals surface area contributed by atoms with Gasteiger partial charge in [-0.15, -0.1) is 0 Å². The Bertz CT molecular complexity index is 1050. The molecule has 1 aliphatic rings. The lowest BCUT2D eigenvalue weighted by Gasteiger charge is -2.20. The first-order valence-corrected chi connectivity index (χ1v) is 9.50. The number of hydrogen-bond acceptors (Lipinski definition) is 5. The van der Waals surface area contributed by atoms with Gasteiger partial charge >= 0.3 is 5.82 Å². The fraction of sp³-hybridized carbons (Fsp3) is 0.350. The first-order chi connectivity index (χ1) is 13.6. The fourth-order valence-electron chi connectivity index (χ4n) is 3.93. The maximum Gasteiger partial charge on any atom is 0.364 e. The molecule has 0 unspecified atom stereocenters. The lowest BCUT2D eigenvalue weighted by Crippen LogP contribution is -2.30. The highest BCUT2D eigenvalue weighted by atomic mass is 16.6. The van der Waals surface area contributed by atoms with E-state index in [2.05, 4.69) is 10.3 Å². The Balaban J connectivity index is 1.95. The number of carbonyl (C=O) groups is 1. The molecule has 3 heterocycles. The lowest BCUT2D eigenvalue weighted by atomic mass is 9.95. The summed E-state index contributed by atoms with van der Waals surface area (Å²) < 4.78 is 3.49. The normalized spacial score (nSPS) is 14.9. The summed E-state index contributed by atoms with van der Waals surface area (Å²) in [4.78, 5) is 27.5. The second kappa shape index (κ2) is 7.38. The predicted octanol–water partition coefficient (Wildman–Crippen LogP) is 3.60. The fourth-order valence-corrected chi connectivity index (χ4v) is 3.93. The summed E-state index contributed by atoms with van der Waals surface area (Å²) in [6.07, 6.45) is 7.57. The summed E-state index contributed by atoms with van der Waals surface area (Å²) in [7, 11) is 0. The van der Waals surface area contributed by atoms with Gasteiger partial charge in [-0.1, -0.05) is 25.3 Å². The van der Waals surface area contributed by atoms with Crippen LogP contribution in [0.25, 0.3) is 17.0 Å².